The van der Waals surface area contributed by atoms with Gasteiger partial charge in [0.2, 0.25) is 0 Å². The molecule has 0 N–H and O–H groups in total. The molecule has 1 aliphatic heterocycles. The Hall–Kier alpha value is -2.88. The fourth-order valence-electron chi connectivity index (χ4n) is 4.01. The molecule has 0 spiro atoms. The van der Waals surface area contributed by atoms with E-state index in [0.29, 0.717) is 0 Å². The molecule has 0 unspecified atom stereocenters. The van der Waals surface area contributed by atoms with Gasteiger partial charge in [-0.1, -0.05) is 23.8 Å². The molecule has 1 aliphatic rings. The van der Waals surface area contributed by atoms with Crippen LogP contribution in [-0.4, -0.2) is 29.4 Å². The molecular formula is C23H24N2O2. The van der Waals surface area contributed by atoms with Crippen LogP contribution in [0.25, 0.3) is 10.9 Å². The normalized spacial score (nSPS) is 16.7. The van der Waals surface area contributed by atoms with Gasteiger partial charge in [-0.15, -0.1) is 0 Å². The van der Waals surface area contributed by atoms with Crippen LogP contribution in [-0.2, 0) is 0 Å². The van der Waals surface area contributed by atoms with Gasteiger partial charge in [0, 0.05) is 17.6 Å². The van der Waals surface area contributed by atoms with Crippen LogP contribution < -0.4 is 4.74 Å². The molecule has 2 heterocycles. The average molecular weight is 360 g/mol. The second kappa shape index (κ2) is 7.03. The lowest BCUT2D eigenvalue weighted by molar-refractivity contribution is 0.0737. The van der Waals surface area contributed by atoms with Crippen molar-refractivity contribution in [3.63, 3.8) is 0 Å². The van der Waals surface area contributed by atoms with Crippen LogP contribution in [0.5, 0.6) is 5.75 Å². The van der Waals surface area contributed by atoms with Gasteiger partial charge in [0.1, 0.15) is 5.75 Å². The number of ether oxygens (including phenoxy) is 1. The zero-order valence-electron chi connectivity index (χ0n) is 16.0. The number of amides is 1. The molecule has 1 saturated heterocycles. The molecule has 1 atom stereocenters. The largest absolute Gasteiger partial charge is 0.497 e. The summed E-state index contributed by atoms with van der Waals surface area (Å²) < 4.78 is 5.37. The molecule has 3 aromatic rings. The molecule has 4 rings (SSSR count). The van der Waals surface area contributed by atoms with Crippen LogP contribution in [0.3, 0.4) is 0 Å². The van der Waals surface area contributed by atoms with Crippen molar-refractivity contribution in [2.75, 3.05) is 13.7 Å². The maximum absolute atomic E-state index is 13.5. The fraction of sp³-hybridized carbons (Fsp3) is 0.304. The molecule has 1 aromatic heterocycles. The van der Waals surface area contributed by atoms with Crippen LogP contribution in [0, 0.1) is 13.8 Å². The standard InChI is InChI=1S/C23H24N2O2/c1-15-9-10-21-19(12-15)20(13-16(2)24-21)23(26)25-11-5-8-22(25)17-6-4-7-18(14-17)27-3/h4,6-7,9-10,12-14,22H,5,8,11H2,1-3H3/t22-/m0/s1. The van der Waals surface area contributed by atoms with Gasteiger partial charge in [0.25, 0.3) is 5.91 Å². The van der Waals surface area contributed by atoms with Gasteiger partial charge in [-0.25, -0.2) is 0 Å². The molecule has 138 valence electrons. The van der Waals surface area contributed by atoms with E-state index in [1.165, 1.54) is 0 Å². The van der Waals surface area contributed by atoms with Gasteiger partial charge >= 0.3 is 0 Å². The molecule has 0 bridgehead atoms. The first-order valence-corrected chi connectivity index (χ1v) is 9.40. The highest BCUT2D eigenvalue weighted by molar-refractivity contribution is 6.06. The first-order chi connectivity index (χ1) is 13.1. The van der Waals surface area contributed by atoms with Gasteiger partial charge < -0.3 is 9.64 Å². The summed E-state index contributed by atoms with van der Waals surface area (Å²) in [4.78, 5) is 20.1. The van der Waals surface area contributed by atoms with E-state index in [-0.39, 0.29) is 11.9 Å². The number of aromatic nitrogens is 1. The summed E-state index contributed by atoms with van der Waals surface area (Å²) in [6.45, 7) is 4.76. The Morgan fingerprint density at radius 1 is 1.15 bits per heavy atom. The number of hydrogen-bond donors (Lipinski definition) is 0. The monoisotopic (exact) mass is 360 g/mol. The smallest absolute Gasteiger partial charge is 0.255 e. The SMILES string of the molecule is COc1cccc([C@@H]2CCCN2C(=O)c2cc(C)nc3ccc(C)cc23)c1. The molecule has 27 heavy (non-hydrogen) atoms. The number of carbonyl (C=O) groups is 1. The zero-order valence-corrected chi connectivity index (χ0v) is 16.0. The van der Waals surface area contributed by atoms with E-state index in [2.05, 4.69) is 17.1 Å². The maximum Gasteiger partial charge on any atom is 0.255 e. The number of benzene rings is 2. The maximum atomic E-state index is 13.5. The molecule has 2 aromatic carbocycles. The van der Waals surface area contributed by atoms with Gasteiger partial charge in [0.15, 0.2) is 0 Å². The molecule has 4 heteroatoms. The first-order valence-electron chi connectivity index (χ1n) is 9.40. The Bertz CT molecular complexity index is 1010. The second-order valence-corrected chi connectivity index (χ2v) is 7.26. The minimum Gasteiger partial charge on any atom is -0.497 e. The number of likely N-dealkylation sites (tertiary alicyclic amines) is 1. The van der Waals surface area contributed by atoms with Gasteiger partial charge in [0.05, 0.1) is 24.2 Å². The van der Waals surface area contributed by atoms with Crippen LogP contribution in [0.2, 0.25) is 0 Å². The Balaban J connectivity index is 1.75. The van der Waals surface area contributed by atoms with Crippen LogP contribution in [0.4, 0.5) is 0 Å². The molecular weight excluding hydrogens is 336 g/mol. The van der Waals surface area contributed by atoms with Crippen molar-refractivity contribution < 1.29 is 9.53 Å². The summed E-state index contributed by atoms with van der Waals surface area (Å²) in [7, 11) is 1.67. The number of methoxy groups -OCH3 is 1. The topological polar surface area (TPSA) is 42.4 Å². The number of carbonyl (C=O) groups excluding carboxylic acids is 1. The van der Waals surface area contributed by atoms with Crippen molar-refractivity contribution >= 4 is 16.8 Å². The lowest BCUT2D eigenvalue weighted by Gasteiger charge is -2.26. The van der Waals surface area contributed by atoms with E-state index in [4.69, 9.17) is 4.74 Å². The summed E-state index contributed by atoms with van der Waals surface area (Å²) in [5.41, 5.74) is 4.75. The molecule has 0 aliphatic carbocycles. The lowest BCUT2D eigenvalue weighted by atomic mass is 10.0. The fourth-order valence-corrected chi connectivity index (χ4v) is 4.01. The highest BCUT2D eigenvalue weighted by Gasteiger charge is 2.31. The Labute approximate surface area is 159 Å². The Morgan fingerprint density at radius 3 is 2.81 bits per heavy atom. The number of hydrogen-bond acceptors (Lipinski definition) is 3. The van der Waals surface area contributed by atoms with Crippen molar-refractivity contribution in [2.45, 2.75) is 32.7 Å². The zero-order chi connectivity index (χ0) is 19.0. The molecule has 1 fully saturated rings. The lowest BCUT2D eigenvalue weighted by Crippen LogP contribution is -2.30. The Kier molecular flexibility index (Phi) is 4.56. The van der Waals surface area contributed by atoms with E-state index in [1.54, 1.807) is 7.11 Å². The summed E-state index contributed by atoms with van der Waals surface area (Å²) in [5, 5.41) is 0.932. The van der Waals surface area contributed by atoms with E-state index in [0.717, 1.165) is 58.4 Å². The van der Waals surface area contributed by atoms with E-state index in [9.17, 15) is 4.79 Å². The first kappa shape index (κ1) is 17.5. The van der Waals surface area contributed by atoms with Crippen molar-refractivity contribution in [3.05, 3.63) is 70.9 Å². The third kappa shape index (κ3) is 3.27. The second-order valence-electron chi connectivity index (χ2n) is 7.26. The van der Waals surface area contributed by atoms with Crippen LogP contribution in [0.15, 0.2) is 48.5 Å². The summed E-state index contributed by atoms with van der Waals surface area (Å²) in [6, 6.07) is 16.2. The van der Waals surface area contributed by atoms with Crippen molar-refractivity contribution in [1.82, 2.24) is 9.88 Å². The molecule has 1 amide bonds. The van der Waals surface area contributed by atoms with Crippen molar-refractivity contribution in [1.29, 1.82) is 0 Å². The summed E-state index contributed by atoms with van der Waals surface area (Å²) in [5.74, 6) is 0.911. The molecule has 0 radical (unpaired) electrons. The molecule has 0 saturated carbocycles. The van der Waals surface area contributed by atoms with Crippen molar-refractivity contribution in [2.24, 2.45) is 0 Å². The third-order valence-electron chi connectivity index (χ3n) is 5.31. The predicted molar refractivity (Wildman–Crippen MR) is 107 cm³/mol. The molecule has 4 nitrogen and oxygen atoms in total. The van der Waals surface area contributed by atoms with Gasteiger partial charge in [-0.3, -0.25) is 9.78 Å². The summed E-state index contributed by atoms with van der Waals surface area (Å²) >= 11 is 0. The van der Waals surface area contributed by atoms with E-state index >= 15 is 0 Å². The number of pyridine rings is 1. The van der Waals surface area contributed by atoms with Crippen LogP contribution in [0.1, 0.15) is 46.1 Å². The van der Waals surface area contributed by atoms with Gasteiger partial charge in [-0.05, 0) is 62.6 Å². The highest BCUT2D eigenvalue weighted by Crippen LogP contribution is 2.35. The minimum atomic E-state index is 0.0842. The minimum absolute atomic E-state index is 0.0842. The van der Waals surface area contributed by atoms with E-state index < -0.39 is 0 Å². The average Bonchev–Trinajstić information content (AvgIpc) is 3.17. The number of nitrogens with zero attached hydrogens (tertiary/aromatic N) is 2. The van der Waals surface area contributed by atoms with Crippen molar-refractivity contribution in [3.8, 4) is 5.75 Å². The number of fused-ring (bicyclic) bond motifs is 1. The highest BCUT2D eigenvalue weighted by atomic mass is 16.5. The predicted octanol–water partition coefficient (Wildman–Crippen LogP) is 4.84. The third-order valence-corrected chi connectivity index (χ3v) is 5.31. The quantitative estimate of drug-likeness (QED) is 0.671. The van der Waals surface area contributed by atoms with Gasteiger partial charge in [-0.2, -0.15) is 0 Å². The number of rotatable bonds is 3. The van der Waals surface area contributed by atoms with Crippen LogP contribution >= 0.6 is 0 Å². The Morgan fingerprint density at radius 2 is 2.00 bits per heavy atom. The van der Waals surface area contributed by atoms with E-state index in [1.807, 2.05) is 55.1 Å². The number of aryl methyl sites for hydroxylation is 2. The summed E-state index contributed by atoms with van der Waals surface area (Å²) in [6.07, 6.45) is 1.98.